The largest absolute Gasteiger partial charge is 0.448 e. The maximum absolute atomic E-state index is 12.9. The first-order valence-electron chi connectivity index (χ1n) is 11.4. The molecule has 2 atom stereocenters. The first-order valence-corrected chi connectivity index (χ1v) is 12.0. The highest BCUT2D eigenvalue weighted by Crippen LogP contribution is 2.55. The van der Waals surface area contributed by atoms with Gasteiger partial charge in [0.25, 0.3) is 0 Å². The summed E-state index contributed by atoms with van der Waals surface area (Å²) in [5.41, 5.74) is 3.98. The first kappa shape index (κ1) is 22.6. The Labute approximate surface area is 189 Å². The number of esters is 1. The average Bonchev–Trinajstić information content (AvgIpc) is 2.76. The Hall–Kier alpha value is -1.57. The van der Waals surface area contributed by atoms with Gasteiger partial charge in [-0.1, -0.05) is 37.3 Å². The summed E-state index contributed by atoms with van der Waals surface area (Å²) in [5, 5.41) is 0. The molecule has 0 aromatic heterocycles. The van der Waals surface area contributed by atoms with Crippen LogP contribution in [0.3, 0.4) is 0 Å². The molecule has 0 aliphatic heterocycles. The molecule has 0 heterocycles. The lowest BCUT2D eigenvalue weighted by Gasteiger charge is -2.56. The molecule has 4 aliphatic rings. The van der Waals surface area contributed by atoms with Crippen molar-refractivity contribution < 1.29 is 23.9 Å². The Morgan fingerprint density at radius 1 is 1.06 bits per heavy atom. The third kappa shape index (κ3) is 5.62. The zero-order chi connectivity index (χ0) is 21.8. The summed E-state index contributed by atoms with van der Waals surface area (Å²) < 4.78 is 11.1. The zero-order valence-electron chi connectivity index (χ0n) is 18.1. The molecule has 4 bridgehead atoms. The Bertz CT molecular complexity index is 735. The van der Waals surface area contributed by atoms with Gasteiger partial charge in [0.1, 0.15) is 0 Å². The van der Waals surface area contributed by atoms with Gasteiger partial charge < -0.3 is 14.3 Å². The van der Waals surface area contributed by atoms with Gasteiger partial charge in [0.2, 0.25) is 6.10 Å². The Balaban J connectivity index is 1.34. The van der Waals surface area contributed by atoms with Crippen molar-refractivity contribution in [1.82, 2.24) is 5.48 Å². The van der Waals surface area contributed by atoms with Crippen LogP contribution in [-0.2, 0) is 30.5 Å². The van der Waals surface area contributed by atoms with Crippen molar-refractivity contribution in [1.29, 1.82) is 0 Å². The van der Waals surface area contributed by atoms with Gasteiger partial charge in [-0.3, -0.25) is 4.79 Å². The molecule has 5 rings (SSSR count). The van der Waals surface area contributed by atoms with Crippen LogP contribution in [0.15, 0.2) is 30.3 Å². The van der Waals surface area contributed by atoms with E-state index in [0.717, 1.165) is 42.6 Å². The maximum atomic E-state index is 12.9. The lowest BCUT2D eigenvalue weighted by Crippen LogP contribution is -2.59. The monoisotopic (exact) mass is 447 g/mol. The highest BCUT2D eigenvalue weighted by molar-refractivity contribution is 7.80. The van der Waals surface area contributed by atoms with Crippen LogP contribution in [0.2, 0.25) is 0 Å². The predicted molar refractivity (Wildman–Crippen MR) is 119 cm³/mol. The maximum Gasteiger partial charge on any atom is 0.368 e. The number of hydroxylamine groups is 1. The number of benzene rings is 1. The molecule has 0 spiro atoms. The van der Waals surface area contributed by atoms with Crippen molar-refractivity contribution in [2.45, 2.75) is 63.7 Å². The van der Waals surface area contributed by atoms with Crippen molar-refractivity contribution in [2.24, 2.45) is 23.7 Å². The smallest absolute Gasteiger partial charge is 0.368 e. The van der Waals surface area contributed by atoms with Crippen molar-refractivity contribution in [3.63, 3.8) is 0 Å². The third-order valence-corrected chi connectivity index (χ3v) is 7.53. The molecule has 4 fully saturated rings. The number of rotatable bonds is 10. The van der Waals surface area contributed by atoms with Crippen molar-refractivity contribution in [3.05, 3.63) is 35.9 Å². The van der Waals surface area contributed by atoms with E-state index in [2.05, 4.69) is 18.1 Å². The lowest BCUT2D eigenvalue weighted by atomic mass is 9.53. The van der Waals surface area contributed by atoms with Crippen molar-refractivity contribution >= 4 is 24.6 Å². The quantitative estimate of drug-likeness (QED) is 0.324. The first-order chi connectivity index (χ1) is 15.0. The minimum atomic E-state index is -1.11. The summed E-state index contributed by atoms with van der Waals surface area (Å²) in [5.74, 6) is 1.05. The van der Waals surface area contributed by atoms with Crippen LogP contribution < -0.4 is 5.48 Å². The normalized spacial score (nSPS) is 30.6. The SMILES string of the molecule is C[C@H](CS)C(=O)O[C@@H](COCc1ccccc1)C(=O)ONC12CC3CC(CC(C3)C1)C2. The summed E-state index contributed by atoms with van der Waals surface area (Å²) >= 11 is 4.15. The number of ether oxygens (including phenoxy) is 2. The predicted octanol–water partition coefficient (Wildman–Crippen LogP) is 3.70. The van der Waals surface area contributed by atoms with E-state index in [1.54, 1.807) is 6.92 Å². The molecule has 4 aliphatic carbocycles. The van der Waals surface area contributed by atoms with Gasteiger partial charge >= 0.3 is 11.9 Å². The third-order valence-electron chi connectivity index (χ3n) is 6.98. The average molecular weight is 448 g/mol. The Morgan fingerprint density at radius 3 is 2.26 bits per heavy atom. The second kappa shape index (κ2) is 9.92. The standard InChI is InChI=1S/C24H33NO5S/c1-16(15-31)22(26)29-21(14-28-13-17-5-3-2-4-6-17)23(27)30-25-24-10-18-7-19(11-24)9-20(8-18)12-24/h2-6,16,18-21,25,31H,7-15H2,1H3/t16-,18?,19?,20?,21+,24?/m1/s1. The molecular formula is C24H33NO5S. The number of hydrogen-bond donors (Lipinski definition) is 2. The van der Waals surface area contributed by atoms with E-state index in [-0.39, 0.29) is 12.1 Å². The topological polar surface area (TPSA) is 73.9 Å². The number of nitrogens with one attached hydrogen (secondary N) is 1. The van der Waals surface area contributed by atoms with E-state index in [4.69, 9.17) is 14.3 Å². The number of carbonyl (C=O) groups is 2. The molecule has 170 valence electrons. The molecule has 7 heteroatoms. The van der Waals surface area contributed by atoms with Crippen LogP contribution in [0.25, 0.3) is 0 Å². The van der Waals surface area contributed by atoms with E-state index in [1.165, 1.54) is 19.3 Å². The van der Waals surface area contributed by atoms with Crippen LogP contribution in [0, 0.1) is 23.7 Å². The van der Waals surface area contributed by atoms with Gasteiger partial charge in [-0.25, -0.2) is 4.79 Å². The lowest BCUT2D eigenvalue weighted by molar-refractivity contribution is -0.187. The Morgan fingerprint density at radius 2 is 1.68 bits per heavy atom. The van der Waals surface area contributed by atoms with E-state index in [1.807, 2.05) is 30.3 Å². The summed E-state index contributed by atoms with van der Waals surface area (Å²) in [7, 11) is 0. The van der Waals surface area contributed by atoms with Crippen LogP contribution >= 0.6 is 12.6 Å². The summed E-state index contributed by atoms with van der Waals surface area (Å²) in [6.07, 6.45) is 5.98. The van der Waals surface area contributed by atoms with E-state index < -0.39 is 24.0 Å². The van der Waals surface area contributed by atoms with E-state index >= 15 is 0 Å². The highest BCUT2D eigenvalue weighted by Gasteiger charge is 2.51. The fourth-order valence-corrected chi connectivity index (χ4v) is 5.95. The molecular weight excluding hydrogens is 414 g/mol. The summed E-state index contributed by atoms with van der Waals surface area (Å²) in [6.45, 7) is 1.99. The minimum Gasteiger partial charge on any atom is -0.448 e. The van der Waals surface area contributed by atoms with Crippen LogP contribution in [0.4, 0.5) is 0 Å². The zero-order valence-corrected chi connectivity index (χ0v) is 19.0. The second-order valence-corrected chi connectivity index (χ2v) is 10.1. The molecule has 0 saturated heterocycles. The fraction of sp³-hybridized carbons (Fsp3) is 0.667. The van der Waals surface area contributed by atoms with Crippen molar-refractivity contribution in [2.75, 3.05) is 12.4 Å². The van der Waals surface area contributed by atoms with Gasteiger partial charge in [0.15, 0.2) is 0 Å². The Kier molecular flexibility index (Phi) is 7.24. The molecule has 1 N–H and O–H groups in total. The highest BCUT2D eigenvalue weighted by atomic mass is 32.1. The molecule has 0 radical (unpaired) electrons. The van der Waals surface area contributed by atoms with Gasteiger partial charge in [0, 0.05) is 5.75 Å². The minimum absolute atomic E-state index is 0.0543. The molecule has 6 nitrogen and oxygen atoms in total. The van der Waals surface area contributed by atoms with Gasteiger partial charge in [-0.05, 0) is 61.8 Å². The van der Waals surface area contributed by atoms with Gasteiger partial charge in [0.05, 0.1) is 24.7 Å². The second-order valence-electron chi connectivity index (χ2n) is 9.73. The summed E-state index contributed by atoms with van der Waals surface area (Å²) in [4.78, 5) is 30.7. The van der Waals surface area contributed by atoms with Gasteiger partial charge in [-0.15, -0.1) is 5.48 Å². The summed E-state index contributed by atoms with van der Waals surface area (Å²) in [6, 6.07) is 9.66. The fourth-order valence-electron chi connectivity index (χ4n) is 5.80. The molecule has 0 unspecified atom stereocenters. The van der Waals surface area contributed by atoms with Crippen molar-refractivity contribution in [3.8, 4) is 0 Å². The number of carbonyl (C=O) groups excluding carboxylic acids is 2. The molecule has 1 aromatic rings. The van der Waals surface area contributed by atoms with Crippen LogP contribution in [-0.4, -0.2) is 35.9 Å². The van der Waals surface area contributed by atoms with E-state index in [9.17, 15) is 9.59 Å². The van der Waals surface area contributed by atoms with E-state index in [0.29, 0.717) is 12.4 Å². The van der Waals surface area contributed by atoms with Gasteiger partial charge in [-0.2, -0.15) is 12.6 Å². The molecule has 4 saturated carbocycles. The molecule has 1 aromatic carbocycles. The number of thiol groups is 1. The molecule has 31 heavy (non-hydrogen) atoms. The molecule has 0 amide bonds. The van der Waals surface area contributed by atoms with Crippen LogP contribution in [0.1, 0.15) is 51.0 Å². The van der Waals surface area contributed by atoms with Crippen LogP contribution in [0.5, 0.6) is 0 Å². The number of hydrogen-bond acceptors (Lipinski definition) is 7.